The molecule has 0 aliphatic heterocycles. The van der Waals surface area contributed by atoms with Crippen LogP contribution in [0.5, 0.6) is 0 Å². The predicted molar refractivity (Wildman–Crippen MR) is 143 cm³/mol. The van der Waals surface area contributed by atoms with E-state index in [1.807, 2.05) is 35.6 Å². The number of thiocarbonyl (C=S) groups is 1. The Kier molecular flexibility index (Phi) is 8.42. The first-order valence-electron chi connectivity index (χ1n) is 10.9. The Morgan fingerprint density at radius 3 is 1.78 bits per heavy atom. The van der Waals surface area contributed by atoms with E-state index in [9.17, 15) is 22.4 Å². The number of nitrogens with one attached hydrogen (secondary N) is 3. The van der Waals surface area contributed by atoms with Crippen LogP contribution in [0.4, 0.5) is 34.6 Å². The van der Waals surface area contributed by atoms with Crippen molar-refractivity contribution in [1.82, 2.24) is 0 Å². The minimum Gasteiger partial charge on any atom is -0.332 e. The summed E-state index contributed by atoms with van der Waals surface area (Å²) in [7, 11) is 0. The summed E-state index contributed by atoms with van der Waals surface area (Å²) in [6, 6.07) is 25.0. The zero-order chi connectivity index (χ0) is 26.4. The molecule has 4 rings (SSSR count). The van der Waals surface area contributed by atoms with Crippen LogP contribution in [0.2, 0.25) is 0 Å². The molecule has 0 aliphatic rings. The van der Waals surface area contributed by atoms with E-state index in [1.165, 1.54) is 0 Å². The van der Waals surface area contributed by atoms with Crippen molar-refractivity contribution in [2.45, 2.75) is 10.1 Å². The molecule has 0 fully saturated rings. The fourth-order valence-corrected chi connectivity index (χ4v) is 4.60. The van der Waals surface area contributed by atoms with Gasteiger partial charge in [-0.3, -0.25) is 4.79 Å². The van der Waals surface area contributed by atoms with Crippen LogP contribution in [-0.2, 0) is 4.79 Å². The second kappa shape index (κ2) is 11.9. The van der Waals surface area contributed by atoms with Gasteiger partial charge in [0.1, 0.15) is 10.9 Å². The van der Waals surface area contributed by atoms with Crippen molar-refractivity contribution in [1.29, 1.82) is 0 Å². The third-order valence-electron chi connectivity index (χ3n) is 5.10. The van der Waals surface area contributed by atoms with E-state index in [-0.39, 0.29) is 6.07 Å². The molecule has 1 unspecified atom stereocenters. The van der Waals surface area contributed by atoms with Crippen LogP contribution in [0.3, 0.4) is 0 Å². The standard InChI is InChI=1S/C27H19F4N3OS2/c28-20-15-21(29)23(31)24(22(20)30)34-26(35)25(16-7-3-1-4-8-16)37-19-13-11-18(12-14-19)33-27(36)32-17-9-5-2-6-10-17/h1-15,25H,(H,34,35)(H2,32,33,36). The number of halogens is 4. The van der Waals surface area contributed by atoms with E-state index in [0.717, 1.165) is 17.4 Å². The maximum Gasteiger partial charge on any atom is 0.242 e. The highest BCUT2D eigenvalue weighted by atomic mass is 32.2. The summed E-state index contributed by atoms with van der Waals surface area (Å²) in [6.07, 6.45) is 0. The Morgan fingerprint density at radius 1 is 0.703 bits per heavy atom. The van der Waals surface area contributed by atoms with Gasteiger partial charge in [0.2, 0.25) is 5.91 Å². The van der Waals surface area contributed by atoms with Crippen LogP contribution in [0.15, 0.2) is 95.9 Å². The molecule has 37 heavy (non-hydrogen) atoms. The predicted octanol–water partition coefficient (Wildman–Crippen LogP) is 7.52. The van der Waals surface area contributed by atoms with Gasteiger partial charge in [-0.2, -0.15) is 0 Å². The fraction of sp³-hybridized carbons (Fsp3) is 0.0370. The SMILES string of the molecule is O=C(Nc1c(F)c(F)cc(F)c1F)C(Sc1ccc(NC(=S)Nc2ccccc2)cc1)c1ccccc1. The lowest BCUT2D eigenvalue weighted by Gasteiger charge is -2.18. The van der Waals surface area contributed by atoms with Gasteiger partial charge in [0.15, 0.2) is 28.4 Å². The molecule has 4 aromatic rings. The minimum absolute atomic E-state index is 0.0837. The summed E-state index contributed by atoms with van der Waals surface area (Å²) in [5.41, 5.74) is 0.869. The number of para-hydroxylation sites is 1. The summed E-state index contributed by atoms with van der Waals surface area (Å²) in [6.45, 7) is 0. The topological polar surface area (TPSA) is 53.2 Å². The third kappa shape index (κ3) is 6.66. The van der Waals surface area contributed by atoms with E-state index >= 15 is 0 Å². The average Bonchev–Trinajstić information content (AvgIpc) is 2.90. The summed E-state index contributed by atoms with van der Waals surface area (Å²) < 4.78 is 55.6. The molecule has 0 radical (unpaired) electrons. The average molecular weight is 542 g/mol. The highest BCUT2D eigenvalue weighted by molar-refractivity contribution is 8.00. The lowest BCUT2D eigenvalue weighted by atomic mass is 10.1. The molecule has 0 bridgehead atoms. The van der Waals surface area contributed by atoms with Crippen molar-refractivity contribution < 1.29 is 22.4 Å². The van der Waals surface area contributed by atoms with Crippen molar-refractivity contribution in [3.63, 3.8) is 0 Å². The Labute approximate surface area is 220 Å². The molecule has 0 heterocycles. The number of carbonyl (C=O) groups excluding carboxylic acids is 1. The quantitative estimate of drug-likeness (QED) is 0.0978. The normalized spacial score (nSPS) is 11.5. The molecule has 0 aliphatic carbocycles. The fourth-order valence-electron chi connectivity index (χ4n) is 3.34. The van der Waals surface area contributed by atoms with Crippen LogP contribution in [-0.4, -0.2) is 11.0 Å². The van der Waals surface area contributed by atoms with Gasteiger partial charge in [0.05, 0.1) is 0 Å². The van der Waals surface area contributed by atoms with E-state index in [0.29, 0.717) is 21.3 Å². The Hall–Kier alpha value is -3.89. The van der Waals surface area contributed by atoms with Gasteiger partial charge in [-0.25, -0.2) is 17.6 Å². The molecule has 4 nitrogen and oxygen atoms in total. The summed E-state index contributed by atoms with van der Waals surface area (Å²) in [5, 5.41) is 7.54. The van der Waals surface area contributed by atoms with E-state index in [2.05, 4.69) is 10.6 Å². The maximum atomic E-state index is 14.2. The molecule has 188 valence electrons. The molecule has 0 spiro atoms. The Balaban J connectivity index is 1.50. The molecule has 3 N–H and O–H groups in total. The lowest BCUT2D eigenvalue weighted by Crippen LogP contribution is -2.21. The monoisotopic (exact) mass is 541 g/mol. The molecule has 10 heteroatoms. The number of hydrogen-bond acceptors (Lipinski definition) is 3. The molecule has 4 aromatic carbocycles. The van der Waals surface area contributed by atoms with Crippen molar-refractivity contribution in [2.75, 3.05) is 16.0 Å². The largest absolute Gasteiger partial charge is 0.332 e. The first kappa shape index (κ1) is 26.2. The van der Waals surface area contributed by atoms with Gasteiger partial charge in [-0.05, 0) is 54.2 Å². The highest BCUT2D eigenvalue weighted by Gasteiger charge is 2.27. The van der Waals surface area contributed by atoms with Gasteiger partial charge in [-0.15, -0.1) is 11.8 Å². The first-order valence-corrected chi connectivity index (χ1v) is 12.2. The van der Waals surface area contributed by atoms with E-state index in [4.69, 9.17) is 12.2 Å². The molecule has 1 amide bonds. The zero-order valence-corrected chi connectivity index (χ0v) is 20.6. The molecular weight excluding hydrogens is 522 g/mol. The molecule has 1 atom stereocenters. The lowest BCUT2D eigenvalue weighted by molar-refractivity contribution is -0.115. The first-order chi connectivity index (χ1) is 17.8. The van der Waals surface area contributed by atoms with E-state index in [1.54, 1.807) is 54.6 Å². The van der Waals surface area contributed by atoms with Crippen LogP contribution in [0, 0.1) is 23.3 Å². The van der Waals surface area contributed by atoms with Gasteiger partial charge < -0.3 is 16.0 Å². The smallest absolute Gasteiger partial charge is 0.242 e. The zero-order valence-electron chi connectivity index (χ0n) is 19.0. The van der Waals surface area contributed by atoms with Crippen molar-refractivity contribution in [2.24, 2.45) is 0 Å². The van der Waals surface area contributed by atoms with Crippen molar-refractivity contribution in [3.05, 3.63) is 120 Å². The number of rotatable bonds is 7. The van der Waals surface area contributed by atoms with Gasteiger partial charge >= 0.3 is 0 Å². The molecular formula is C27H19F4N3OS2. The second-order valence-corrected chi connectivity index (χ2v) is 9.30. The second-order valence-electron chi connectivity index (χ2n) is 7.71. The number of anilines is 3. The summed E-state index contributed by atoms with van der Waals surface area (Å²) in [4.78, 5) is 13.7. The van der Waals surface area contributed by atoms with Crippen LogP contribution in [0.25, 0.3) is 0 Å². The highest BCUT2D eigenvalue weighted by Crippen LogP contribution is 2.37. The van der Waals surface area contributed by atoms with Crippen LogP contribution >= 0.6 is 24.0 Å². The summed E-state index contributed by atoms with van der Waals surface area (Å²) >= 11 is 6.42. The molecule has 0 saturated carbocycles. The Bertz CT molecular complexity index is 1380. The summed E-state index contributed by atoms with van der Waals surface area (Å²) in [5.74, 6) is -7.43. The number of hydrogen-bond donors (Lipinski definition) is 3. The van der Waals surface area contributed by atoms with Crippen molar-refractivity contribution >= 4 is 52.1 Å². The number of benzene rings is 4. The van der Waals surface area contributed by atoms with Crippen LogP contribution in [0.1, 0.15) is 10.8 Å². The van der Waals surface area contributed by atoms with Gasteiger partial charge in [0, 0.05) is 22.3 Å². The number of amides is 1. The van der Waals surface area contributed by atoms with E-state index < -0.39 is 40.1 Å². The van der Waals surface area contributed by atoms with Crippen LogP contribution < -0.4 is 16.0 Å². The molecule has 0 saturated heterocycles. The van der Waals surface area contributed by atoms with Gasteiger partial charge in [0.25, 0.3) is 0 Å². The third-order valence-corrected chi connectivity index (χ3v) is 6.57. The minimum atomic E-state index is -1.68. The Morgan fingerprint density at radius 2 is 1.22 bits per heavy atom. The number of carbonyl (C=O) groups is 1. The molecule has 0 aromatic heterocycles. The van der Waals surface area contributed by atoms with Crippen molar-refractivity contribution in [3.8, 4) is 0 Å². The maximum absolute atomic E-state index is 14.2. The number of thioether (sulfide) groups is 1. The van der Waals surface area contributed by atoms with Gasteiger partial charge in [-0.1, -0.05) is 48.5 Å².